The second-order valence-electron chi connectivity index (χ2n) is 4.21. The van der Waals surface area contributed by atoms with Crippen LogP contribution in [0.2, 0.25) is 0 Å². The van der Waals surface area contributed by atoms with Crippen LogP contribution >= 0.6 is 0 Å². The number of pyridine rings is 1. The summed E-state index contributed by atoms with van der Waals surface area (Å²) in [7, 11) is 0. The number of aliphatic hydroxyl groups is 3. The maximum atomic E-state index is 8.48. The Kier molecular flexibility index (Phi) is 8.49. The Morgan fingerprint density at radius 1 is 0.800 bits per heavy atom. The van der Waals surface area contributed by atoms with Crippen molar-refractivity contribution in [3.05, 3.63) is 42.6 Å². The summed E-state index contributed by atoms with van der Waals surface area (Å²) in [6, 6.07) is 12.1. The van der Waals surface area contributed by atoms with Crippen molar-refractivity contribution in [2.24, 2.45) is 0 Å². The smallest absolute Gasteiger partial charge is 0.0701 e. The van der Waals surface area contributed by atoms with E-state index >= 15 is 0 Å². The van der Waals surface area contributed by atoms with Gasteiger partial charge >= 0.3 is 0 Å². The Morgan fingerprint density at radius 2 is 1.35 bits per heavy atom. The Balaban J connectivity index is 0.000000200. The first-order valence-electron chi connectivity index (χ1n) is 6.66. The number of rotatable bonds is 6. The highest BCUT2D eigenvalue weighted by Gasteiger charge is 2.00. The fourth-order valence-electron chi connectivity index (χ4n) is 1.78. The molecule has 0 unspecified atom stereocenters. The molecule has 0 aliphatic carbocycles. The van der Waals surface area contributed by atoms with Crippen LogP contribution in [-0.2, 0) is 0 Å². The van der Waals surface area contributed by atoms with Gasteiger partial charge in [0.05, 0.1) is 25.3 Å². The molecule has 0 atom stereocenters. The summed E-state index contributed by atoms with van der Waals surface area (Å²) in [6.07, 6.45) is 1.81. The molecule has 3 N–H and O–H groups in total. The fourth-order valence-corrected chi connectivity index (χ4v) is 1.78. The van der Waals surface area contributed by atoms with Gasteiger partial charge < -0.3 is 15.3 Å². The van der Waals surface area contributed by atoms with Crippen LogP contribution in [0.4, 0.5) is 0 Å². The summed E-state index contributed by atoms with van der Waals surface area (Å²) < 4.78 is 0. The first kappa shape index (κ1) is 16.5. The first-order valence-corrected chi connectivity index (χ1v) is 6.66. The van der Waals surface area contributed by atoms with Crippen LogP contribution < -0.4 is 0 Å². The number of hydrogen-bond donors (Lipinski definition) is 3. The largest absolute Gasteiger partial charge is 0.395 e. The average Bonchev–Trinajstić information content (AvgIpc) is 2.49. The van der Waals surface area contributed by atoms with Crippen molar-refractivity contribution in [2.75, 3.05) is 39.5 Å². The zero-order valence-electron chi connectivity index (χ0n) is 11.5. The van der Waals surface area contributed by atoms with Crippen LogP contribution in [-0.4, -0.2) is 64.7 Å². The third-order valence-electron chi connectivity index (χ3n) is 2.76. The number of aromatic nitrogens is 1. The van der Waals surface area contributed by atoms with E-state index in [-0.39, 0.29) is 19.8 Å². The van der Waals surface area contributed by atoms with Gasteiger partial charge in [-0.15, -0.1) is 0 Å². The number of hydrogen-bond acceptors (Lipinski definition) is 5. The molecular formula is C15H22N2O3. The van der Waals surface area contributed by atoms with E-state index in [2.05, 4.69) is 17.1 Å². The highest BCUT2D eigenvalue weighted by atomic mass is 16.3. The molecule has 0 fully saturated rings. The van der Waals surface area contributed by atoms with Crippen LogP contribution in [0, 0.1) is 0 Å². The maximum absolute atomic E-state index is 8.48. The summed E-state index contributed by atoms with van der Waals surface area (Å²) >= 11 is 0. The van der Waals surface area contributed by atoms with Gasteiger partial charge in [-0.25, -0.2) is 0 Å². The lowest BCUT2D eigenvalue weighted by molar-refractivity contribution is 0.136. The van der Waals surface area contributed by atoms with Gasteiger partial charge in [-0.3, -0.25) is 9.88 Å². The quantitative estimate of drug-likeness (QED) is 0.717. The lowest BCUT2D eigenvalue weighted by Gasteiger charge is -2.17. The highest BCUT2D eigenvalue weighted by molar-refractivity contribution is 5.77. The van der Waals surface area contributed by atoms with Crippen LogP contribution in [0.15, 0.2) is 42.6 Å². The molecule has 0 aliphatic rings. The van der Waals surface area contributed by atoms with Crippen LogP contribution in [0.1, 0.15) is 0 Å². The number of nitrogens with zero attached hydrogens (tertiary/aromatic N) is 2. The summed E-state index contributed by atoms with van der Waals surface area (Å²) in [5.41, 5.74) is 1.06. The second kappa shape index (κ2) is 10.3. The Morgan fingerprint density at radius 3 is 1.90 bits per heavy atom. The van der Waals surface area contributed by atoms with Gasteiger partial charge in [-0.2, -0.15) is 0 Å². The molecule has 0 saturated heterocycles. The van der Waals surface area contributed by atoms with Crippen molar-refractivity contribution in [1.82, 2.24) is 9.88 Å². The predicted molar refractivity (Wildman–Crippen MR) is 79.4 cm³/mol. The summed E-state index contributed by atoms with van der Waals surface area (Å²) in [5, 5.41) is 26.7. The zero-order chi connectivity index (χ0) is 14.6. The molecule has 0 aliphatic heterocycles. The van der Waals surface area contributed by atoms with Crippen molar-refractivity contribution in [3.63, 3.8) is 0 Å². The van der Waals surface area contributed by atoms with E-state index < -0.39 is 0 Å². The normalized spacial score (nSPS) is 10.4. The van der Waals surface area contributed by atoms with Gasteiger partial charge in [-0.1, -0.05) is 24.3 Å². The molecule has 2 rings (SSSR count). The summed E-state index contributed by atoms with van der Waals surface area (Å²) in [6.45, 7) is 1.75. The van der Waals surface area contributed by atoms with E-state index in [4.69, 9.17) is 15.3 Å². The molecule has 110 valence electrons. The maximum Gasteiger partial charge on any atom is 0.0701 e. The fraction of sp³-hybridized carbons (Fsp3) is 0.400. The van der Waals surface area contributed by atoms with E-state index in [1.807, 2.05) is 30.5 Å². The number of aliphatic hydroxyl groups excluding tert-OH is 3. The minimum absolute atomic E-state index is 0.0694. The van der Waals surface area contributed by atoms with Gasteiger partial charge in [-0.05, 0) is 12.1 Å². The Bertz CT molecular complexity index is 400. The standard InChI is InChI=1S/C9H7N.C6H15NO3/c1-2-6-9-8(4-1)5-3-7-10-9;8-4-1-7(2-5-9)3-6-10/h1-7H;8-10H,1-6H2. The van der Waals surface area contributed by atoms with Crippen molar-refractivity contribution >= 4 is 10.9 Å². The number of benzene rings is 1. The van der Waals surface area contributed by atoms with E-state index in [1.165, 1.54) is 5.39 Å². The minimum atomic E-state index is 0.0694. The van der Waals surface area contributed by atoms with Gasteiger partial charge in [0.25, 0.3) is 0 Å². The molecule has 0 bridgehead atoms. The molecule has 0 amide bonds. The Hall–Kier alpha value is -1.53. The van der Waals surface area contributed by atoms with E-state index in [9.17, 15) is 0 Å². The molecule has 5 nitrogen and oxygen atoms in total. The SMILES string of the molecule is OCCN(CCO)CCO.c1ccc2ncccc2c1. The number of para-hydroxylation sites is 1. The number of fused-ring (bicyclic) bond motifs is 1. The molecule has 5 heteroatoms. The van der Waals surface area contributed by atoms with Gasteiger partial charge in [0.2, 0.25) is 0 Å². The lowest BCUT2D eigenvalue weighted by atomic mass is 10.2. The molecule has 1 aromatic heterocycles. The average molecular weight is 278 g/mol. The van der Waals surface area contributed by atoms with Crippen molar-refractivity contribution in [1.29, 1.82) is 0 Å². The second-order valence-corrected chi connectivity index (χ2v) is 4.21. The van der Waals surface area contributed by atoms with Crippen molar-refractivity contribution in [2.45, 2.75) is 0 Å². The molecule has 1 heterocycles. The van der Waals surface area contributed by atoms with Gasteiger partial charge in [0.1, 0.15) is 0 Å². The monoisotopic (exact) mass is 278 g/mol. The minimum Gasteiger partial charge on any atom is -0.395 e. The van der Waals surface area contributed by atoms with Crippen molar-refractivity contribution in [3.8, 4) is 0 Å². The van der Waals surface area contributed by atoms with E-state index in [0.717, 1.165) is 5.52 Å². The predicted octanol–water partition coefficient (Wildman–Crippen LogP) is 0.500. The molecule has 1 aromatic carbocycles. The molecule has 0 spiro atoms. The van der Waals surface area contributed by atoms with E-state index in [0.29, 0.717) is 19.6 Å². The summed E-state index contributed by atoms with van der Waals surface area (Å²) in [4.78, 5) is 5.97. The van der Waals surface area contributed by atoms with Crippen LogP contribution in [0.25, 0.3) is 10.9 Å². The van der Waals surface area contributed by atoms with E-state index in [1.54, 1.807) is 4.90 Å². The first-order chi connectivity index (χ1) is 9.81. The van der Waals surface area contributed by atoms with Crippen LogP contribution in [0.3, 0.4) is 0 Å². The third kappa shape index (κ3) is 6.08. The topological polar surface area (TPSA) is 76.8 Å². The lowest BCUT2D eigenvalue weighted by Crippen LogP contribution is -2.32. The van der Waals surface area contributed by atoms with Crippen molar-refractivity contribution < 1.29 is 15.3 Å². The molecule has 0 saturated carbocycles. The highest BCUT2D eigenvalue weighted by Crippen LogP contribution is 2.07. The zero-order valence-corrected chi connectivity index (χ0v) is 11.5. The van der Waals surface area contributed by atoms with Crippen LogP contribution in [0.5, 0.6) is 0 Å². The van der Waals surface area contributed by atoms with Gasteiger partial charge in [0.15, 0.2) is 0 Å². The molecule has 20 heavy (non-hydrogen) atoms. The summed E-state index contributed by atoms with van der Waals surface area (Å²) in [5.74, 6) is 0. The Labute approximate surface area is 119 Å². The third-order valence-corrected chi connectivity index (χ3v) is 2.76. The molecular weight excluding hydrogens is 256 g/mol. The van der Waals surface area contributed by atoms with Gasteiger partial charge in [0, 0.05) is 31.2 Å². The molecule has 2 aromatic rings. The molecule has 0 radical (unpaired) electrons.